The molecular formula is C14H19NO3P-. The first-order valence-corrected chi connectivity index (χ1v) is 8.70. The quantitative estimate of drug-likeness (QED) is 0.778. The van der Waals surface area contributed by atoms with Crippen LogP contribution in [0.1, 0.15) is 11.1 Å². The van der Waals surface area contributed by atoms with Gasteiger partial charge in [-0.1, -0.05) is 24.3 Å². The molecule has 1 atom stereocenters. The summed E-state index contributed by atoms with van der Waals surface area (Å²) in [5.41, 5.74) is 2.18. The summed E-state index contributed by atoms with van der Waals surface area (Å²) in [4.78, 5) is 14.5. The monoisotopic (exact) mass is 280 g/mol. The zero-order valence-electron chi connectivity index (χ0n) is 11.0. The Morgan fingerprint density at radius 1 is 1.21 bits per heavy atom. The van der Waals surface area contributed by atoms with Crippen molar-refractivity contribution >= 4 is 7.37 Å². The van der Waals surface area contributed by atoms with Crippen LogP contribution in [-0.2, 0) is 22.1 Å². The number of hydrogen-bond acceptors (Lipinski definition) is 4. The van der Waals surface area contributed by atoms with E-state index in [2.05, 4.69) is 0 Å². The maximum atomic E-state index is 12.5. The molecule has 0 saturated carbocycles. The van der Waals surface area contributed by atoms with Crippen LogP contribution in [0.4, 0.5) is 0 Å². The lowest BCUT2D eigenvalue weighted by Crippen LogP contribution is -2.39. The van der Waals surface area contributed by atoms with Gasteiger partial charge in [-0.3, -0.25) is 4.90 Å². The molecule has 1 unspecified atom stereocenters. The summed E-state index contributed by atoms with van der Waals surface area (Å²) < 4.78 is 17.8. The maximum Gasteiger partial charge on any atom is 0.0594 e. The third-order valence-corrected chi connectivity index (χ3v) is 6.36. The molecule has 3 rings (SSSR count). The van der Waals surface area contributed by atoms with Crippen LogP contribution in [0.3, 0.4) is 0 Å². The highest BCUT2D eigenvalue weighted by molar-refractivity contribution is 7.57. The van der Waals surface area contributed by atoms with Gasteiger partial charge in [0.2, 0.25) is 0 Å². The summed E-state index contributed by atoms with van der Waals surface area (Å²) in [6, 6.07) is 8.06. The zero-order chi connectivity index (χ0) is 13.3. The van der Waals surface area contributed by atoms with E-state index in [1.165, 1.54) is 11.1 Å². The molecule has 0 bridgehead atoms. The van der Waals surface area contributed by atoms with Crippen LogP contribution in [0, 0.1) is 0 Å². The van der Waals surface area contributed by atoms with Gasteiger partial charge in [-0.2, -0.15) is 0 Å². The number of morpholine rings is 1. The second kappa shape index (κ2) is 5.37. The smallest absolute Gasteiger partial charge is 0.0594 e. The van der Waals surface area contributed by atoms with E-state index in [1.807, 2.05) is 29.2 Å². The molecule has 2 aliphatic rings. The van der Waals surface area contributed by atoms with Gasteiger partial charge in [0.05, 0.1) is 13.2 Å². The molecule has 104 valence electrons. The van der Waals surface area contributed by atoms with Crippen LogP contribution in [-0.4, -0.2) is 43.1 Å². The second-order valence-electron chi connectivity index (χ2n) is 5.43. The fourth-order valence-electron chi connectivity index (χ4n) is 2.95. The number of benzene rings is 1. The molecule has 0 radical (unpaired) electrons. The number of fused-ring (bicyclic) bond motifs is 1. The Morgan fingerprint density at radius 2 is 1.79 bits per heavy atom. The third kappa shape index (κ3) is 2.92. The van der Waals surface area contributed by atoms with Crippen molar-refractivity contribution in [3.8, 4) is 0 Å². The lowest BCUT2D eigenvalue weighted by molar-refractivity contribution is -0.180. The predicted octanol–water partition coefficient (Wildman–Crippen LogP) is 1.08. The van der Waals surface area contributed by atoms with Gasteiger partial charge < -0.3 is 14.2 Å². The number of ether oxygens (including phenoxy) is 1. The summed E-state index contributed by atoms with van der Waals surface area (Å²) in [5.74, 6) is 0. The van der Waals surface area contributed by atoms with Crippen molar-refractivity contribution < 1.29 is 14.2 Å². The Kier molecular flexibility index (Phi) is 3.77. The Labute approximate surface area is 113 Å². The van der Waals surface area contributed by atoms with Gasteiger partial charge in [0, 0.05) is 32.4 Å². The van der Waals surface area contributed by atoms with Gasteiger partial charge in [0.1, 0.15) is 0 Å². The number of nitrogens with zero attached hydrogens (tertiary/aromatic N) is 1. The minimum atomic E-state index is -3.37. The van der Waals surface area contributed by atoms with Gasteiger partial charge >= 0.3 is 0 Å². The Hall–Kier alpha value is -0.670. The molecule has 1 aromatic carbocycles. The van der Waals surface area contributed by atoms with Crippen molar-refractivity contribution in [2.24, 2.45) is 0 Å². The molecule has 1 aromatic rings. The zero-order valence-corrected chi connectivity index (χ0v) is 11.9. The highest BCUT2D eigenvalue weighted by Gasteiger charge is 2.31. The number of hydrogen-bond donors (Lipinski definition) is 0. The molecule has 1 saturated heterocycles. The molecule has 0 spiro atoms. The number of rotatable bonds is 3. The highest BCUT2D eigenvalue weighted by atomic mass is 31.2. The highest BCUT2D eigenvalue weighted by Crippen LogP contribution is 2.48. The molecule has 0 N–H and O–H groups in total. The van der Waals surface area contributed by atoms with Crippen molar-refractivity contribution in [2.75, 3.05) is 32.6 Å². The second-order valence-corrected chi connectivity index (χ2v) is 7.89. The Morgan fingerprint density at radius 3 is 2.37 bits per heavy atom. The average molecular weight is 280 g/mol. The van der Waals surface area contributed by atoms with Crippen LogP contribution in [0.15, 0.2) is 24.3 Å². The molecule has 1 aliphatic carbocycles. The van der Waals surface area contributed by atoms with Crippen molar-refractivity contribution in [3.05, 3.63) is 35.4 Å². The van der Waals surface area contributed by atoms with Crippen molar-refractivity contribution in [1.82, 2.24) is 4.90 Å². The normalized spacial score (nSPS) is 24.1. The van der Waals surface area contributed by atoms with Crippen molar-refractivity contribution in [2.45, 2.75) is 18.5 Å². The summed E-state index contributed by atoms with van der Waals surface area (Å²) in [6.07, 6.45) is 1.57. The average Bonchev–Trinajstić information content (AvgIpc) is 2.84. The van der Waals surface area contributed by atoms with E-state index >= 15 is 0 Å². The SMILES string of the molecule is O=P([O-])(CN1CCOCC1)C1Cc2ccccc2C1. The predicted molar refractivity (Wildman–Crippen MR) is 72.5 cm³/mol. The van der Waals surface area contributed by atoms with Crippen LogP contribution in [0.5, 0.6) is 0 Å². The molecule has 0 aromatic heterocycles. The molecule has 4 nitrogen and oxygen atoms in total. The minimum Gasteiger partial charge on any atom is -0.798 e. The first kappa shape index (κ1) is 13.3. The fourth-order valence-corrected chi connectivity index (χ4v) is 4.97. The van der Waals surface area contributed by atoms with Crippen LogP contribution < -0.4 is 4.89 Å². The summed E-state index contributed by atoms with van der Waals surface area (Å²) >= 11 is 0. The Balaban J connectivity index is 1.67. The molecule has 1 heterocycles. The van der Waals surface area contributed by atoms with Crippen LogP contribution in [0.25, 0.3) is 0 Å². The minimum absolute atomic E-state index is 0.203. The lowest BCUT2D eigenvalue weighted by atomic mass is 10.1. The molecule has 5 heteroatoms. The molecular weight excluding hydrogens is 261 g/mol. The van der Waals surface area contributed by atoms with E-state index < -0.39 is 7.37 Å². The van der Waals surface area contributed by atoms with E-state index in [-0.39, 0.29) is 11.9 Å². The third-order valence-electron chi connectivity index (χ3n) is 4.09. The summed E-state index contributed by atoms with van der Waals surface area (Å²) in [6.45, 7) is 2.74. The van der Waals surface area contributed by atoms with E-state index in [0.717, 1.165) is 13.1 Å². The summed E-state index contributed by atoms with van der Waals surface area (Å²) in [5, 5.41) is 0. The molecule has 19 heavy (non-hydrogen) atoms. The van der Waals surface area contributed by atoms with Crippen molar-refractivity contribution in [1.29, 1.82) is 0 Å². The van der Waals surface area contributed by atoms with Crippen LogP contribution >= 0.6 is 7.37 Å². The van der Waals surface area contributed by atoms with Crippen molar-refractivity contribution in [3.63, 3.8) is 0 Å². The summed E-state index contributed by atoms with van der Waals surface area (Å²) in [7, 11) is -3.37. The van der Waals surface area contributed by atoms with E-state index in [9.17, 15) is 9.46 Å². The standard InChI is InChI=1S/C14H20NO3P/c16-19(17,11-15-5-7-18-8-6-15)14-9-12-3-1-2-4-13(12)10-14/h1-4,14H,5-11H2,(H,16,17)/p-1. The fraction of sp³-hybridized carbons (Fsp3) is 0.571. The Bertz CT molecular complexity index is 474. The van der Waals surface area contributed by atoms with E-state index in [4.69, 9.17) is 4.74 Å². The van der Waals surface area contributed by atoms with Crippen LogP contribution in [0.2, 0.25) is 0 Å². The maximum absolute atomic E-state index is 12.5. The van der Waals surface area contributed by atoms with Gasteiger partial charge in [0.15, 0.2) is 0 Å². The van der Waals surface area contributed by atoms with Gasteiger partial charge in [-0.25, -0.2) is 0 Å². The molecule has 0 amide bonds. The largest absolute Gasteiger partial charge is 0.798 e. The van der Waals surface area contributed by atoms with Gasteiger partial charge in [0.25, 0.3) is 0 Å². The van der Waals surface area contributed by atoms with E-state index in [1.54, 1.807) is 0 Å². The van der Waals surface area contributed by atoms with E-state index in [0.29, 0.717) is 26.1 Å². The van der Waals surface area contributed by atoms with Gasteiger partial charge in [-0.15, -0.1) is 0 Å². The van der Waals surface area contributed by atoms with Gasteiger partial charge in [-0.05, 0) is 24.0 Å². The molecule has 1 fully saturated rings. The first-order valence-electron chi connectivity index (χ1n) is 6.82. The molecule has 1 aliphatic heterocycles. The lowest BCUT2D eigenvalue weighted by Gasteiger charge is -2.36. The topological polar surface area (TPSA) is 52.6 Å². The first-order chi connectivity index (χ1) is 9.15.